The van der Waals surface area contributed by atoms with Crippen LogP contribution < -0.4 is 15.2 Å². The van der Waals surface area contributed by atoms with Gasteiger partial charge in [-0.2, -0.15) is 0 Å². The van der Waals surface area contributed by atoms with Crippen LogP contribution in [0.1, 0.15) is 25.0 Å². The predicted octanol–water partition coefficient (Wildman–Crippen LogP) is 3.69. The number of hydrogen-bond acceptors (Lipinski definition) is 4. The fraction of sp³-hybridized carbons (Fsp3) is 0.429. The minimum atomic E-state index is 0.323. The van der Waals surface area contributed by atoms with Gasteiger partial charge in [-0.15, -0.1) is 0 Å². The number of benzene rings is 2. The summed E-state index contributed by atoms with van der Waals surface area (Å²) in [6.45, 7) is 6.81. The molecule has 0 aliphatic rings. The highest BCUT2D eigenvalue weighted by molar-refractivity contribution is 5.28. The summed E-state index contributed by atoms with van der Waals surface area (Å²) in [6, 6.07) is 16.8. The van der Waals surface area contributed by atoms with Crippen molar-refractivity contribution in [2.75, 3.05) is 20.8 Å². The zero-order chi connectivity index (χ0) is 18.2. The molecule has 0 bridgehead atoms. The van der Waals surface area contributed by atoms with Crippen LogP contribution in [0.25, 0.3) is 0 Å². The lowest BCUT2D eigenvalue weighted by Crippen LogP contribution is -2.43. The molecule has 0 radical (unpaired) electrons. The molecule has 136 valence electrons. The van der Waals surface area contributed by atoms with E-state index in [9.17, 15) is 0 Å². The van der Waals surface area contributed by atoms with Gasteiger partial charge in [-0.3, -0.25) is 4.90 Å². The minimum Gasteiger partial charge on any atom is -0.497 e. The van der Waals surface area contributed by atoms with Crippen LogP contribution in [0.3, 0.4) is 0 Å². The highest BCUT2D eigenvalue weighted by Gasteiger charge is 2.21. The summed E-state index contributed by atoms with van der Waals surface area (Å²) in [5.74, 6) is 2.25. The lowest BCUT2D eigenvalue weighted by molar-refractivity contribution is 0.143. The molecule has 0 aliphatic carbocycles. The van der Waals surface area contributed by atoms with Gasteiger partial charge in [0.1, 0.15) is 11.5 Å². The molecule has 0 fully saturated rings. The van der Waals surface area contributed by atoms with Gasteiger partial charge in [0.25, 0.3) is 0 Å². The molecular weight excluding hydrogens is 312 g/mol. The molecule has 0 saturated carbocycles. The van der Waals surface area contributed by atoms with E-state index in [-0.39, 0.29) is 0 Å². The first-order valence-electron chi connectivity index (χ1n) is 8.77. The van der Waals surface area contributed by atoms with Gasteiger partial charge < -0.3 is 15.2 Å². The largest absolute Gasteiger partial charge is 0.497 e. The number of methoxy groups -OCH3 is 2. The van der Waals surface area contributed by atoms with Crippen molar-refractivity contribution in [2.24, 2.45) is 11.7 Å². The normalized spacial score (nSPS) is 12.4. The van der Waals surface area contributed by atoms with Gasteiger partial charge in [-0.05, 0) is 41.3 Å². The molecule has 2 rings (SSSR count). The average molecular weight is 342 g/mol. The summed E-state index contributed by atoms with van der Waals surface area (Å²) in [5, 5.41) is 0. The Hall–Kier alpha value is -2.04. The standard InChI is InChI=1S/C21H30N2O2/c1-16(2)21(13-22)23(14-17-5-9-19(24-3)10-6-17)15-18-7-11-20(25-4)12-8-18/h5-12,16,21H,13-15,22H2,1-4H3. The average Bonchev–Trinajstić information content (AvgIpc) is 2.63. The van der Waals surface area contributed by atoms with Crippen molar-refractivity contribution < 1.29 is 9.47 Å². The van der Waals surface area contributed by atoms with Crippen LogP contribution in [0.4, 0.5) is 0 Å². The molecule has 2 N–H and O–H groups in total. The summed E-state index contributed by atoms with van der Waals surface area (Å²) in [6.07, 6.45) is 0. The van der Waals surface area contributed by atoms with Gasteiger partial charge in [-0.25, -0.2) is 0 Å². The van der Waals surface area contributed by atoms with Crippen molar-refractivity contribution >= 4 is 0 Å². The molecule has 0 amide bonds. The molecule has 4 heteroatoms. The molecule has 0 heterocycles. The first-order chi connectivity index (χ1) is 12.1. The van der Waals surface area contributed by atoms with E-state index in [0.717, 1.165) is 24.6 Å². The van der Waals surface area contributed by atoms with E-state index in [1.54, 1.807) is 14.2 Å². The summed E-state index contributed by atoms with van der Waals surface area (Å²) in [7, 11) is 3.38. The second-order valence-corrected chi connectivity index (χ2v) is 6.65. The predicted molar refractivity (Wildman–Crippen MR) is 103 cm³/mol. The van der Waals surface area contributed by atoms with Gasteiger partial charge >= 0.3 is 0 Å². The number of ether oxygens (including phenoxy) is 2. The molecule has 1 unspecified atom stereocenters. The second-order valence-electron chi connectivity index (χ2n) is 6.65. The lowest BCUT2D eigenvalue weighted by atomic mass is 10.0. The first-order valence-corrected chi connectivity index (χ1v) is 8.77. The summed E-state index contributed by atoms with van der Waals surface area (Å²) in [5.41, 5.74) is 8.61. The fourth-order valence-corrected chi connectivity index (χ4v) is 3.06. The highest BCUT2D eigenvalue weighted by atomic mass is 16.5. The summed E-state index contributed by atoms with van der Waals surface area (Å²) in [4.78, 5) is 2.45. The number of rotatable bonds is 9. The molecule has 0 spiro atoms. The number of hydrogen-bond donors (Lipinski definition) is 1. The van der Waals surface area contributed by atoms with Crippen LogP contribution in [-0.4, -0.2) is 31.7 Å². The molecular formula is C21H30N2O2. The maximum absolute atomic E-state index is 6.09. The maximum atomic E-state index is 6.09. The second kappa shape index (κ2) is 9.44. The topological polar surface area (TPSA) is 47.7 Å². The Labute approximate surface area is 151 Å². The van der Waals surface area contributed by atoms with E-state index in [2.05, 4.69) is 43.0 Å². The van der Waals surface area contributed by atoms with E-state index in [1.807, 2.05) is 24.3 Å². The number of nitrogens with two attached hydrogens (primary N) is 1. The Bertz CT molecular complexity index is 574. The highest BCUT2D eigenvalue weighted by Crippen LogP contribution is 2.21. The van der Waals surface area contributed by atoms with Gasteiger partial charge in [0, 0.05) is 25.7 Å². The van der Waals surface area contributed by atoms with Crippen molar-refractivity contribution in [3.63, 3.8) is 0 Å². The third kappa shape index (κ3) is 5.48. The Morgan fingerprint density at radius 2 is 1.20 bits per heavy atom. The Balaban J connectivity index is 2.18. The molecule has 4 nitrogen and oxygen atoms in total. The molecule has 2 aromatic carbocycles. The number of nitrogens with zero attached hydrogens (tertiary/aromatic N) is 1. The maximum Gasteiger partial charge on any atom is 0.118 e. The Morgan fingerprint density at radius 3 is 1.48 bits per heavy atom. The van der Waals surface area contributed by atoms with Crippen molar-refractivity contribution in [1.29, 1.82) is 0 Å². The first kappa shape index (κ1) is 19.3. The van der Waals surface area contributed by atoms with Gasteiger partial charge in [0.2, 0.25) is 0 Å². The van der Waals surface area contributed by atoms with Crippen molar-refractivity contribution in [3.8, 4) is 11.5 Å². The van der Waals surface area contributed by atoms with Crippen LogP contribution in [0, 0.1) is 5.92 Å². The zero-order valence-electron chi connectivity index (χ0n) is 15.7. The van der Waals surface area contributed by atoms with Crippen LogP contribution in [0.2, 0.25) is 0 Å². The third-order valence-corrected chi connectivity index (χ3v) is 4.57. The smallest absolute Gasteiger partial charge is 0.118 e. The van der Waals surface area contributed by atoms with Gasteiger partial charge in [0.05, 0.1) is 14.2 Å². The van der Waals surface area contributed by atoms with Crippen molar-refractivity contribution in [2.45, 2.75) is 33.0 Å². The third-order valence-electron chi connectivity index (χ3n) is 4.57. The van der Waals surface area contributed by atoms with E-state index < -0.39 is 0 Å². The summed E-state index contributed by atoms with van der Waals surface area (Å²) < 4.78 is 10.5. The molecule has 2 aromatic rings. The van der Waals surface area contributed by atoms with E-state index >= 15 is 0 Å². The minimum absolute atomic E-state index is 0.323. The molecule has 0 aliphatic heterocycles. The SMILES string of the molecule is COc1ccc(CN(Cc2ccc(OC)cc2)C(CN)C(C)C)cc1. The molecule has 1 atom stereocenters. The molecule has 0 saturated heterocycles. The van der Waals surface area contributed by atoms with Gasteiger partial charge in [-0.1, -0.05) is 38.1 Å². The van der Waals surface area contributed by atoms with Crippen LogP contribution >= 0.6 is 0 Å². The Morgan fingerprint density at radius 1 is 0.800 bits per heavy atom. The fourth-order valence-electron chi connectivity index (χ4n) is 3.06. The monoisotopic (exact) mass is 342 g/mol. The van der Waals surface area contributed by atoms with Crippen LogP contribution in [0.15, 0.2) is 48.5 Å². The summed E-state index contributed by atoms with van der Waals surface area (Å²) >= 11 is 0. The van der Waals surface area contributed by atoms with Crippen LogP contribution in [-0.2, 0) is 13.1 Å². The van der Waals surface area contributed by atoms with Gasteiger partial charge in [0.15, 0.2) is 0 Å². The van der Waals surface area contributed by atoms with Crippen molar-refractivity contribution in [3.05, 3.63) is 59.7 Å². The molecule has 25 heavy (non-hydrogen) atoms. The van der Waals surface area contributed by atoms with E-state index in [0.29, 0.717) is 18.5 Å². The van der Waals surface area contributed by atoms with E-state index in [4.69, 9.17) is 15.2 Å². The van der Waals surface area contributed by atoms with Crippen LogP contribution in [0.5, 0.6) is 11.5 Å². The van der Waals surface area contributed by atoms with E-state index in [1.165, 1.54) is 11.1 Å². The quantitative estimate of drug-likeness (QED) is 0.755. The molecule has 0 aromatic heterocycles. The zero-order valence-corrected chi connectivity index (χ0v) is 15.7. The lowest BCUT2D eigenvalue weighted by Gasteiger charge is -2.34. The Kier molecular flexibility index (Phi) is 7.29. The van der Waals surface area contributed by atoms with Crippen molar-refractivity contribution in [1.82, 2.24) is 4.90 Å².